The van der Waals surface area contributed by atoms with Crippen LogP contribution in [-0.4, -0.2) is 39.5 Å². The number of aliphatic hydroxyl groups is 1. The van der Waals surface area contributed by atoms with Crippen molar-refractivity contribution in [1.29, 1.82) is 0 Å². The van der Waals surface area contributed by atoms with Crippen LogP contribution in [0.3, 0.4) is 0 Å². The van der Waals surface area contributed by atoms with Crippen molar-refractivity contribution in [2.24, 2.45) is 0 Å². The number of aliphatic hydroxyl groups excluding tert-OH is 1. The molecule has 1 N–H and O–H groups in total. The van der Waals surface area contributed by atoms with Crippen LogP contribution >= 0.6 is 0 Å². The van der Waals surface area contributed by atoms with Crippen LogP contribution in [0.2, 0.25) is 0 Å². The predicted octanol–water partition coefficient (Wildman–Crippen LogP) is 5.27. The first-order valence-corrected chi connectivity index (χ1v) is 11.1. The van der Waals surface area contributed by atoms with E-state index >= 15 is 0 Å². The highest BCUT2D eigenvalue weighted by Crippen LogP contribution is 2.43. The second kappa shape index (κ2) is 7.09. The fourth-order valence-electron chi connectivity index (χ4n) is 6.15. The van der Waals surface area contributed by atoms with Gasteiger partial charge in [0.05, 0.1) is 11.3 Å². The summed E-state index contributed by atoms with van der Waals surface area (Å²) in [7, 11) is 0. The molecule has 0 aromatic heterocycles. The van der Waals surface area contributed by atoms with Gasteiger partial charge in [0.25, 0.3) is 0 Å². The van der Waals surface area contributed by atoms with E-state index in [1.165, 1.54) is 57.8 Å². The standard InChI is InChI=1S/C24H32N2O/c1-17(27)12-14-25-15-13-23-20-11-10-19(18-6-3-2-4-7-18)16-21(20)22-8-5-9-24(25)26(22)23/h10-11,16,18,23-24H,1-9,12-15H2/p+1. The first-order valence-electron chi connectivity index (χ1n) is 11.1. The molecule has 5 rings (SSSR count). The molecule has 0 radical (unpaired) electrons. The number of nitrogens with zero attached hydrogens (tertiary/aromatic N) is 2. The highest BCUT2D eigenvalue weighted by atomic mass is 16.3. The van der Waals surface area contributed by atoms with Crippen molar-refractivity contribution in [3.05, 3.63) is 47.2 Å². The summed E-state index contributed by atoms with van der Waals surface area (Å²) in [5.41, 5.74) is 6.36. The predicted molar refractivity (Wildman–Crippen MR) is 110 cm³/mol. The van der Waals surface area contributed by atoms with Gasteiger partial charge >= 0.3 is 0 Å². The van der Waals surface area contributed by atoms with E-state index in [2.05, 4.69) is 34.3 Å². The molecule has 1 saturated heterocycles. The van der Waals surface area contributed by atoms with Crippen molar-refractivity contribution in [2.75, 3.05) is 13.1 Å². The smallest absolute Gasteiger partial charge is 0.209 e. The maximum Gasteiger partial charge on any atom is 0.209 e. The Kier molecular flexibility index (Phi) is 4.59. The van der Waals surface area contributed by atoms with E-state index in [1.807, 2.05) is 0 Å². The summed E-state index contributed by atoms with van der Waals surface area (Å²) < 4.78 is 2.75. The molecule has 3 heteroatoms. The first-order chi connectivity index (χ1) is 13.2. The first kappa shape index (κ1) is 17.5. The summed E-state index contributed by atoms with van der Waals surface area (Å²) in [4.78, 5) is 2.59. The third kappa shape index (κ3) is 3.04. The second-order valence-corrected chi connectivity index (χ2v) is 9.07. The average molecular weight is 366 g/mol. The minimum atomic E-state index is 0.318. The zero-order valence-electron chi connectivity index (χ0n) is 16.5. The Balaban J connectivity index is 1.47. The van der Waals surface area contributed by atoms with Gasteiger partial charge in [-0.2, -0.15) is 0 Å². The van der Waals surface area contributed by atoms with Crippen molar-refractivity contribution >= 4 is 5.71 Å². The molecular formula is C24H33N2O+. The third-order valence-electron chi connectivity index (χ3n) is 7.47. The van der Waals surface area contributed by atoms with Crippen LogP contribution in [0.15, 0.2) is 30.5 Å². The van der Waals surface area contributed by atoms with E-state index in [-0.39, 0.29) is 0 Å². The molecule has 144 valence electrons. The molecule has 1 aromatic carbocycles. The van der Waals surface area contributed by atoms with E-state index in [4.69, 9.17) is 0 Å². The van der Waals surface area contributed by atoms with Gasteiger partial charge in [0.1, 0.15) is 0 Å². The van der Waals surface area contributed by atoms with Crippen LogP contribution in [-0.2, 0) is 0 Å². The van der Waals surface area contributed by atoms with Gasteiger partial charge in [-0.25, -0.2) is 9.48 Å². The molecule has 0 spiro atoms. The fourth-order valence-corrected chi connectivity index (χ4v) is 6.15. The van der Waals surface area contributed by atoms with Gasteiger partial charge in [0, 0.05) is 44.3 Å². The summed E-state index contributed by atoms with van der Waals surface area (Å²) >= 11 is 0. The molecule has 2 unspecified atom stereocenters. The molecule has 2 fully saturated rings. The Bertz CT molecular complexity index is 775. The molecule has 2 atom stereocenters. The molecule has 1 aromatic rings. The number of hydrogen-bond donors (Lipinski definition) is 1. The molecule has 1 saturated carbocycles. The number of benzene rings is 1. The molecule has 0 bridgehead atoms. The highest BCUT2D eigenvalue weighted by Gasteiger charge is 2.49. The van der Waals surface area contributed by atoms with Crippen molar-refractivity contribution in [2.45, 2.75) is 82.3 Å². The summed E-state index contributed by atoms with van der Waals surface area (Å²) in [6.45, 7) is 5.75. The van der Waals surface area contributed by atoms with Crippen LogP contribution in [0, 0.1) is 0 Å². The van der Waals surface area contributed by atoms with Crippen molar-refractivity contribution in [1.82, 2.24) is 4.90 Å². The minimum Gasteiger partial charge on any atom is -0.513 e. The van der Waals surface area contributed by atoms with Gasteiger partial charge in [-0.3, -0.25) is 0 Å². The van der Waals surface area contributed by atoms with E-state index in [0.717, 1.165) is 19.0 Å². The van der Waals surface area contributed by atoms with E-state index in [1.54, 1.807) is 22.4 Å². The zero-order chi connectivity index (χ0) is 18.4. The Morgan fingerprint density at radius 2 is 1.96 bits per heavy atom. The largest absolute Gasteiger partial charge is 0.513 e. The van der Waals surface area contributed by atoms with Gasteiger partial charge in [-0.05, 0) is 36.8 Å². The highest BCUT2D eigenvalue weighted by molar-refractivity contribution is 6.00. The SMILES string of the molecule is C=C(O)CCN1CCC2c3ccc(C4CCCCC4)cc3C3=[N+]2C1CCC3. The van der Waals surface area contributed by atoms with Crippen LogP contribution < -0.4 is 0 Å². The van der Waals surface area contributed by atoms with Crippen molar-refractivity contribution in [3.8, 4) is 0 Å². The molecule has 3 aliphatic heterocycles. The monoisotopic (exact) mass is 365 g/mol. The van der Waals surface area contributed by atoms with Crippen LogP contribution in [0.25, 0.3) is 0 Å². The average Bonchev–Trinajstić information content (AvgIpc) is 3.03. The second-order valence-electron chi connectivity index (χ2n) is 9.07. The lowest BCUT2D eigenvalue weighted by molar-refractivity contribution is -0.643. The Labute approximate surface area is 163 Å². The summed E-state index contributed by atoms with van der Waals surface area (Å²) in [5, 5.41) is 9.55. The van der Waals surface area contributed by atoms with Gasteiger partial charge in [-0.15, -0.1) is 0 Å². The summed E-state index contributed by atoms with van der Waals surface area (Å²) in [6.07, 6.45) is 13.2. The zero-order valence-corrected chi connectivity index (χ0v) is 16.5. The normalized spacial score (nSPS) is 28.1. The maximum atomic E-state index is 9.55. The molecular weight excluding hydrogens is 332 g/mol. The molecule has 27 heavy (non-hydrogen) atoms. The van der Waals surface area contributed by atoms with Crippen molar-refractivity contribution < 1.29 is 9.68 Å². The molecule has 3 heterocycles. The summed E-state index contributed by atoms with van der Waals surface area (Å²) in [6, 6.07) is 8.07. The van der Waals surface area contributed by atoms with E-state index < -0.39 is 0 Å². The quantitative estimate of drug-likeness (QED) is 0.581. The Hall–Kier alpha value is -1.61. The van der Waals surface area contributed by atoms with Crippen LogP contribution in [0.1, 0.15) is 92.9 Å². The number of rotatable bonds is 4. The topological polar surface area (TPSA) is 26.5 Å². The number of fused-ring (bicyclic) bond motifs is 3. The van der Waals surface area contributed by atoms with Gasteiger partial charge < -0.3 is 5.11 Å². The molecule has 4 aliphatic rings. The molecule has 3 nitrogen and oxygen atoms in total. The van der Waals surface area contributed by atoms with Gasteiger partial charge in [-0.1, -0.05) is 38.0 Å². The van der Waals surface area contributed by atoms with Gasteiger partial charge in [0.2, 0.25) is 6.17 Å². The lowest BCUT2D eigenvalue weighted by Crippen LogP contribution is -2.52. The lowest BCUT2D eigenvalue weighted by Gasteiger charge is -2.37. The van der Waals surface area contributed by atoms with Crippen LogP contribution in [0.4, 0.5) is 0 Å². The Morgan fingerprint density at radius 1 is 1.11 bits per heavy atom. The van der Waals surface area contributed by atoms with Crippen LogP contribution in [0.5, 0.6) is 0 Å². The number of hydrogen-bond acceptors (Lipinski definition) is 2. The Morgan fingerprint density at radius 3 is 2.78 bits per heavy atom. The molecule has 0 amide bonds. The van der Waals surface area contributed by atoms with E-state index in [9.17, 15) is 5.11 Å². The third-order valence-corrected chi connectivity index (χ3v) is 7.47. The van der Waals surface area contributed by atoms with Gasteiger partial charge in [0.15, 0.2) is 11.8 Å². The maximum absolute atomic E-state index is 9.55. The summed E-state index contributed by atoms with van der Waals surface area (Å²) in [5.74, 6) is 1.10. The fraction of sp³-hybridized carbons (Fsp3) is 0.625. The minimum absolute atomic E-state index is 0.318. The van der Waals surface area contributed by atoms with E-state index in [0.29, 0.717) is 24.4 Å². The van der Waals surface area contributed by atoms with Crippen molar-refractivity contribution in [3.63, 3.8) is 0 Å². The lowest BCUT2D eigenvalue weighted by atomic mass is 9.82. The molecule has 1 aliphatic carbocycles.